The molecule has 0 radical (unpaired) electrons. The molecule has 158 valence electrons. The van der Waals surface area contributed by atoms with Crippen molar-refractivity contribution in [3.8, 4) is 0 Å². The fraction of sp³-hybridized carbons (Fsp3) is 0.435. The lowest BCUT2D eigenvalue weighted by Gasteiger charge is -2.35. The van der Waals surface area contributed by atoms with Crippen LogP contribution in [-0.2, 0) is 6.54 Å². The van der Waals surface area contributed by atoms with E-state index in [1.807, 2.05) is 4.90 Å². The van der Waals surface area contributed by atoms with Gasteiger partial charge >= 0.3 is 0 Å². The number of rotatable bonds is 5. The maximum Gasteiger partial charge on any atom is 0.270 e. The van der Waals surface area contributed by atoms with Crippen LogP contribution in [0.15, 0.2) is 42.5 Å². The molecule has 0 bridgehead atoms. The van der Waals surface area contributed by atoms with E-state index in [-0.39, 0.29) is 11.6 Å². The van der Waals surface area contributed by atoms with Crippen molar-refractivity contribution in [1.29, 1.82) is 0 Å². The maximum absolute atomic E-state index is 13.3. The standard InChI is InChI=1S/C23H28N4O3/c1-18-5-4-6-19(15-18)17-24-11-13-26(14-12-24)23(28)21-16-20(27(29)30)7-8-22(21)25-9-2-3-10-25/h4-8,15-16H,2-3,9-14,17H2,1H3. The summed E-state index contributed by atoms with van der Waals surface area (Å²) in [6.45, 7) is 7.61. The largest absolute Gasteiger partial charge is 0.371 e. The second kappa shape index (κ2) is 8.83. The zero-order chi connectivity index (χ0) is 21.1. The van der Waals surface area contributed by atoms with Crippen LogP contribution in [0.4, 0.5) is 11.4 Å². The first kappa shape index (κ1) is 20.3. The van der Waals surface area contributed by atoms with Crippen LogP contribution in [0.1, 0.15) is 34.3 Å². The predicted molar refractivity (Wildman–Crippen MR) is 117 cm³/mol. The van der Waals surface area contributed by atoms with Gasteiger partial charge in [0, 0.05) is 57.9 Å². The van der Waals surface area contributed by atoms with Gasteiger partial charge in [-0.05, 0) is 31.4 Å². The van der Waals surface area contributed by atoms with Crippen molar-refractivity contribution in [1.82, 2.24) is 9.80 Å². The summed E-state index contributed by atoms with van der Waals surface area (Å²) in [6, 6.07) is 13.2. The van der Waals surface area contributed by atoms with E-state index in [9.17, 15) is 14.9 Å². The summed E-state index contributed by atoms with van der Waals surface area (Å²) in [5.74, 6) is -0.101. The van der Waals surface area contributed by atoms with Gasteiger partial charge in [0.1, 0.15) is 0 Å². The number of nitro benzene ring substituents is 1. The number of piperazine rings is 1. The van der Waals surface area contributed by atoms with Crippen molar-refractivity contribution in [2.24, 2.45) is 0 Å². The zero-order valence-electron chi connectivity index (χ0n) is 17.4. The first-order chi connectivity index (χ1) is 14.5. The minimum Gasteiger partial charge on any atom is -0.371 e. The Hall–Kier alpha value is -2.93. The summed E-state index contributed by atoms with van der Waals surface area (Å²) in [7, 11) is 0. The first-order valence-corrected chi connectivity index (χ1v) is 10.6. The summed E-state index contributed by atoms with van der Waals surface area (Å²) in [5.41, 5.74) is 3.79. The Morgan fingerprint density at radius 1 is 1.00 bits per heavy atom. The van der Waals surface area contributed by atoms with Crippen LogP contribution in [0.25, 0.3) is 0 Å². The van der Waals surface area contributed by atoms with Gasteiger partial charge in [-0.25, -0.2) is 0 Å². The lowest BCUT2D eigenvalue weighted by molar-refractivity contribution is -0.384. The van der Waals surface area contributed by atoms with Crippen LogP contribution < -0.4 is 4.90 Å². The Bertz CT molecular complexity index is 932. The normalized spacial score (nSPS) is 17.4. The van der Waals surface area contributed by atoms with Crippen LogP contribution in [0.5, 0.6) is 0 Å². The molecule has 0 N–H and O–H groups in total. The Labute approximate surface area is 177 Å². The number of non-ortho nitro benzene ring substituents is 1. The Morgan fingerprint density at radius 3 is 2.40 bits per heavy atom. The number of carbonyl (C=O) groups excluding carboxylic acids is 1. The van der Waals surface area contributed by atoms with E-state index in [1.54, 1.807) is 6.07 Å². The third-order valence-corrected chi connectivity index (χ3v) is 6.02. The molecule has 2 aromatic rings. The molecule has 2 heterocycles. The van der Waals surface area contributed by atoms with Gasteiger partial charge in [-0.3, -0.25) is 19.8 Å². The topological polar surface area (TPSA) is 69.9 Å². The number of benzene rings is 2. The number of nitro groups is 1. The summed E-state index contributed by atoms with van der Waals surface area (Å²) >= 11 is 0. The van der Waals surface area contributed by atoms with E-state index in [0.717, 1.165) is 51.3 Å². The van der Waals surface area contributed by atoms with Crippen LogP contribution in [0, 0.1) is 17.0 Å². The number of carbonyl (C=O) groups is 1. The van der Waals surface area contributed by atoms with Crippen LogP contribution in [-0.4, -0.2) is 59.9 Å². The number of hydrogen-bond acceptors (Lipinski definition) is 5. The summed E-state index contributed by atoms with van der Waals surface area (Å²) < 4.78 is 0. The van der Waals surface area contributed by atoms with Gasteiger partial charge in [-0.15, -0.1) is 0 Å². The molecule has 30 heavy (non-hydrogen) atoms. The molecule has 0 unspecified atom stereocenters. The number of nitrogens with zero attached hydrogens (tertiary/aromatic N) is 4. The highest BCUT2D eigenvalue weighted by Crippen LogP contribution is 2.29. The van der Waals surface area contributed by atoms with Gasteiger partial charge < -0.3 is 9.80 Å². The van der Waals surface area contributed by atoms with Crippen LogP contribution >= 0.6 is 0 Å². The van der Waals surface area contributed by atoms with Gasteiger partial charge in [0.2, 0.25) is 0 Å². The SMILES string of the molecule is Cc1cccc(CN2CCN(C(=O)c3cc([N+](=O)[O-])ccc3N3CCCC3)CC2)c1. The van der Waals surface area contributed by atoms with Gasteiger partial charge in [-0.1, -0.05) is 29.8 Å². The fourth-order valence-electron chi connectivity index (χ4n) is 4.39. The van der Waals surface area contributed by atoms with Crippen molar-refractivity contribution in [3.63, 3.8) is 0 Å². The molecule has 7 nitrogen and oxygen atoms in total. The smallest absolute Gasteiger partial charge is 0.270 e. The Kier molecular flexibility index (Phi) is 5.99. The highest BCUT2D eigenvalue weighted by molar-refractivity contribution is 6.00. The van der Waals surface area contributed by atoms with E-state index in [1.165, 1.54) is 23.3 Å². The number of hydrogen-bond donors (Lipinski definition) is 0. The number of amides is 1. The molecule has 2 aromatic carbocycles. The predicted octanol–water partition coefficient (Wildman–Crippen LogP) is 3.46. The van der Waals surface area contributed by atoms with Gasteiger partial charge in [-0.2, -0.15) is 0 Å². The molecular formula is C23H28N4O3. The second-order valence-electron chi connectivity index (χ2n) is 8.21. The molecule has 7 heteroatoms. The van der Waals surface area contributed by atoms with Crippen molar-refractivity contribution in [2.75, 3.05) is 44.2 Å². The van der Waals surface area contributed by atoms with E-state index in [4.69, 9.17) is 0 Å². The average Bonchev–Trinajstić information content (AvgIpc) is 3.28. The molecule has 2 saturated heterocycles. The third kappa shape index (κ3) is 4.46. The van der Waals surface area contributed by atoms with E-state index in [0.29, 0.717) is 18.7 Å². The second-order valence-corrected chi connectivity index (χ2v) is 8.21. The average molecular weight is 409 g/mol. The highest BCUT2D eigenvalue weighted by Gasteiger charge is 2.28. The van der Waals surface area contributed by atoms with Gasteiger partial charge in [0.05, 0.1) is 16.2 Å². The van der Waals surface area contributed by atoms with Crippen molar-refractivity contribution < 1.29 is 9.72 Å². The van der Waals surface area contributed by atoms with Crippen molar-refractivity contribution in [2.45, 2.75) is 26.3 Å². The monoisotopic (exact) mass is 408 g/mol. The molecule has 4 rings (SSSR count). The molecule has 0 saturated carbocycles. The molecule has 2 fully saturated rings. The summed E-state index contributed by atoms with van der Waals surface area (Å²) in [5, 5.41) is 11.3. The highest BCUT2D eigenvalue weighted by atomic mass is 16.6. The molecule has 0 aliphatic carbocycles. The molecule has 0 atom stereocenters. The van der Waals surface area contributed by atoms with Gasteiger partial charge in [0.15, 0.2) is 0 Å². The summed E-state index contributed by atoms with van der Waals surface area (Å²) in [4.78, 5) is 30.5. The summed E-state index contributed by atoms with van der Waals surface area (Å²) in [6.07, 6.45) is 2.17. The quantitative estimate of drug-likeness (QED) is 0.560. The van der Waals surface area contributed by atoms with E-state index >= 15 is 0 Å². The molecule has 0 spiro atoms. The van der Waals surface area contributed by atoms with E-state index in [2.05, 4.69) is 41.0 Å². The first-order valence-electron chi connectivity index (χ1n) is 10.6. The van der Waals surface area contributed by atoms with Crippen molar-refractivity contribution in [3.05, 3.63) is 69.3 Å². The third-order valence-electron chi connectivity index (χ3n) is 6.02. The van der Waals surface area contributed by atoms with Gasteiger partial charge in [0.25, 0.3) is 11.6 Å². The molecule has 2 aliphatic rings. The molecule has 0 aromatic heterocycles. The van der Waals surface area contributed by atoms with Crippen LogP contribution in [0.2, 0.25) is 0 Å². The lowest BCUT2D eigenvalue weighted by atomic mass is 10.1. The fourth-order valence-corrected chi connectivity index (χ4v) is 4.39. The zero-order valence-corrected chi connectivity index (χ0v) is 17.4. The van der Waals surface area contributed by atoms with E-state index < -0.39 is 4.92 Å². The molecule has 2 aliphatic heterocycles. The molecule has 1 amide bonds. The number of aryl methyl sites for hydroxylation is 1. The van der Waals surface area contributed by atoms with Crippen LogP contribution in [0.3, 0.4) is 0 Å². The van der Waals surface area contributed by atoms with Crippen molar-refractivity contribution >= 4 is 17.3 Å². The minimum atomic E-state index is -0.426. The Morgan fingerprint density at radius 2 is 1.73 bits per heavy atom. The molecular weight excluding hydrogens is 380 g/mol. The maximum atomic E-state index is 13.3. The Balaban J connectivity index is 1.47. The number of anilines is 1. The lowest BCUT2D eigenvalue weighted by Crippen LogP contribution is -2.48. The minimum absolute atomic E-state index is 0.0284.